The minimum atomic E-state index is -0.168. The van der Waals surface area contributed by atoms with Gasteiger partial charge < -0.3 is 15.1 Å². The summed E-state index contributed by atoms with van der Waals surface area (Å²) in [6, 6.07) is 5.73. The van der Waals surface area contributed by atoms with Gasteiger partial charge in [-0.15, -0.1) is 0 Å². The van der Waals surface area contributed by atoms with Crippen LogP contribution in [0.4, 0.5) is 10.6 Å². The number of hydrogen-bond donors (Lipinski definition) is 1. The zero-order valence-corrected chi connectivity index (χ0v) is 14.2. The molecule has 0 aromatic carbocycles. The van der Waals surface area contributed by atoms with Gasteiger partial charge in [0.1, 0.15) is 11.5 Å². The molecule has 0 spiro atoms. The number of imidazole rings is 1. The van der Waals surface area contributed by atoms with Crippen molar-refractivity contribution in [1.29, 1.82) is 0 Å². The van der Waals surface area contributed by atoms with Crippen LogP contribution < -0.4 is 5.32 Å². The van der Waals surface area contributed by atoms with Crippen LogP contribution in [0, 0.1) is 5.92 Å². The highest BCUT2D eigenvalue weighted by molar-refractivity contribution is 5.92. The van der Waals surface area contributed by atoms with Crippen LogP contribution in [0.5, 0.6) is 0 Å². The SMILES string of the molecule is O=C(Nc1cccc2nccn12)[C@H]1CCCN(C(=O)N2CCCC2)C1. The molecule has 0 radical (unpaired) electrons. The topological polar surface area (TPSA) is 70.0 Å². The number of fused-ring (bicyclic) bond motifs is 1. The third-order valence-electron chi connectivity index (χ3n) is 5.12. The number of rotatable bonds is 2. The van der Waals surface area contributed by atoms with Crippen molar-refractivity contribution in [3.05, 3.63) is 30.6 Å². The second kappa shape index (κ2) is 6.74. The van der Waals surface area contributed by atoms with Crippen LogP contribution in [0.1, 0.15) is 25.7 Å². The Morgan fingerprint density at radius 2 is 1.88 bits per heavy atom. The molecule has 0 saturated carbocycles. The number of pyridine rings is 1. The van der Waals surface area contributed by atoms with Crippen molar-refractivity contribution >= 4 is 23.4 Å². The maximum Gasteiger partial charge on any atom is 0.320 e. The van der Waals surface area contributed by atoms with E-state index in [1.54, 1.807) is 6.20 Å². The van der Waals surface area contributed by atoms with Crippen LogP contribution in [0.3, 0.4) is 0 Å². The largest absolute Gasteiger partial charge is 0.325 e. The second-order valence-corrected chi connectivity index (χ2v) is 6.82. The van der Waals surface area contributed by atoms with Gasteiger partial charge >= 0.3 is 6.03 Å². The molecule has 2 fully saturated rings. The van der Waals surface area contributed by atoms with Crippen molar-refractivity contribution in [3.8, 4) is 0 Å². The Hall–Kier alpha value is -2.57. The summed E-state index contributed by atoms with van der Waals surface area (Å²) in [6.07, 6.45) is 7.39. The van der Waals surface area contributed by atoms with E-state index >= 15 is 0 Å². The van der Waals surface area contributed by atoms with E-state index in [1.165, 1.54) is 0 Å². The first-order valence-corrected chi connectivity index (χ1v) is 8.99. The van der Waals surface area contributed by atoms with Gasteiger partial charge in [0.2, 0.25) is 5.91 Å². The first-order chi connectivity index (χ1) is 12.2. The molecule has 132 valence electrons. The van der Waals surface area contributed by atoms with Crippen molar-refractivity contribution < 1.29 is 9.59 Å². The first kappa shape index (κ1) is 15.9. The third kappa shape index (κ3) is 3.18. The second-order valence-electron chi connectivity index (χ2n) is 6.82. The lowest BCUT2D eigenvalue weighted by Gasteiger charge is -2.34. The molecule has 0 aliphatic carbocycles. The first-order valence-electron chi connectivity index (χ1n) is 8.99. The maximum absolute atomic E-state index is 12.7. The van der Waals surface area contributed by atoms with Crippen LogP contribution in [0.2, 0.25) is 0 Å². The minimum Gasteiger partial charge on any atom is -0.325 e. The number of urea groups is 1. The van der Waals surface area contributed by atoms with Gasteiger partial charge in [0.15, 0.2) is 0 Å². The Bertz CT molecular complexity index is 781. The number of amides is 3. The number of nitrogens with one attached hydrogen (secondary N) is 1. The highest BCUT2D eigenvalue weighted by Crippen LogP contribution is 2.21. The van der Waals surface area contributed by atoms with Crippen molar-refractivity contribution in [1.82, 2.24) is 19.2 Å². The highest BCUT2D eigenvalue weighted by Gasteiger charge is 2.31. The van der Waals surface area contributed by atoms with Crippen LogP contribution in [-0.2, 0) is 4.79 Å². The van der Waals surface area contributed by atoms with Crippen molar-refractivity contribution in [3.63, 3.8) is 0 Å². The molecule has 7 nitrogen and oxygen atoms in total. The predicted molar refractivity (Wildman–Crippen MR) is 94.3 cm³/mol. The van der Waals surface area contributed by atoms with E-state index < -0.39 is 0 Å². The summed E-state index contributed by atoms with van der Waals surface area (Å²) in [5.41, 5.74) is 0.798. The molecule has 25 heavy (non-hydrogen) atoms. The van der Waals surface area contributed by atoms with Gasteiger partial charge in [-0.25, -0.2) is 9.78 Å². The van der Waals surface area contributed by atoms with E-state index in [9.17, 15) is 9.59 Å². The Morgan fingerprint density at radius 1 is 1.08 bits per heavy atom. The van der Waals surface area contributed by atoms with Gasteiger partial charge in [-0.05, 0) is 37.8 Å². The van der Waals surface area contributed by atoms with E-state index in [4.69, 9.17) is 0 Å². The monoisotopic (exact) mass is 341 g/mol. The number of anilines is 1. The number of aromatic nitrogens is 2. The van der Waals surface area contributed by atoms with Gasteiger partial charge in [0.05, 0.1) is 5.92 Å². The lowest BCUT2D eigenvalue weighted by atomic mass is 9.97. The number of likely N-dealkylation sites (tertiary alicyclic amines) is 2. The molecule has 2 aliphatic heterocycles. The fraction of sp³-hybridized carbons (Fsp3) is 0.500. The maximum atomic E-state index is 12.7. The highest BCUT2D eigenvalue weighted by atomic mass is 16.2. The molecule has 1 atom stereocenters. The van der Waals surface area contributed by atoms with Crippen molar-refractivity contribution in [2.45, 2.75) is 25.7 Å². The summed E-state index contributed by atoms with van der Waals surface area (Å²) in [4.78, 5) is 33.3. The fourth-order valence-electron chi connectivity index (χ4n) is 3.75. The zero-order chi connectivity index (χ0) is 17.2. The minimum absolute atomic E-state index is 0.0277. The molecule has 2 aromatic heterocycles. The lowest BCUT2D eigenvalue weighted by Crippen LogP contribution is -2.48. The predicted octanol–water partition coefficient (Wildman–Crippen LogP) is 2.20. The molecule has 0 bridgehead atoms. The van der Waals surface area contributed by atoms with Gasteiger partial charge in [0, 0.05) is 38.6 Å². The molecule has 4 rings (SSSR count). The molecular weight excluding hydrogens is 318 g/mol. The van der Waals surface area contributed by atoms with E-state index in [-0.39, 0.29) is 17.9 Å². The summed E-state index contributed by atoms with van der Waals surface area (Å²) >= 11 is 0. The fourth-order valence-corrected chi connectivity index (χ4v) is 3.75. The average molecular weight is 341 g/mol. The quantitative estimate of drug-likeness (QED) is 0.910. The summed E-state index contributed by atoms with van der Waals surface area (Å²) in [5.74, 6) is 0.516. The summed E-state index contributed by atoms with van der Waals surface area (Å²) in [5, 5.41) is 3.00. The number of carbonyl (C=O) groups is 2. The molecule has 2 aromatic rings. The van der Waals surface area contributed by atoms with Gasteiger partial charge in [-0.3, -0.25) is 9.20 Å². The molecule has 4 heterocycles. The number of nitrogens with zero attached hydrogens (tertiary/aromatic N) is 4. The number of hydrogen-bond acceptors (Lipinski definition) is 3. The average Bonchev–Trinajstić information content (AvgIpc) is 3.33. The van der Waals surface area contributed by atoms with Crippen LogP contribution in [-0.4, -0.2) is 57.3 Å². The molecular formula is C18H23N5O2. The molecule has 2 aliphatic rings. The van der Waals surface area contributed by atoms with Crippen LogP contribution in [0.25, 0.3) is 5.65 Å². The Morgan fingerprint density at radius 3 is 2.72 bits per heavy atom. The lowest BCUT2D eigenvalue weighted by molar-refractivity contribution is -0.121. The standard InChI is InChI=1S/C18H23N5O2/c24-17(20-16-7-3-6-15-19-8-12-23(15)16)14-5-4-11-22(13-14)18(25)21-9-1-2-10-21/h3,6-8,12,14H,1-2,4-5,9-11,13H2,(H,20,24)/t14-/m0/s1. The molecule has 3 amide bonds. The summed E-state index contributed by atoms with van der Waals surface area (Å²) in [6.45, 7) is 2.93. The van der Waals surface area contributed by atoms with Crippen LogP contribution in [0.15, 0.2) is 30.6 Å². The van der Waals surface area contributed by atoms with Gasteiger partial charge in [-0.1, -0.05) is 6.07 Å². The van der Waals surface area contributed by atoms with Crippen molar-refractivity contribution in [2.24, 2.45) is 5.92 Å². The van der Waals surface area contributed by atoms with E-state index in [2.05, 4.69) is 10.3 Å². The molecule has 7 heteroatoms. The van der Waals surface area contributed by atoms with E-state index in [0.29, 0.717) is 12.4 Å². The van der Waals surface area contributed by atoms with Gasteiger partial charge in [0.25, 0.3) is 0 Å². The van der Waals surface area contributed by atoms with E-state index in [1.807, 2.05) is 38.6 Å². The Kier molecular flexibility index (Phi) is 4.29. The Balaban J connectivity index is 1.43. The molecule has 1 N–H and O–H groups in total. The van der Waals surface area contributed by atoms with E-state index in [0.717, 1.165) is 51.0 Å². The smallest absolute Gasteiger partial charge is 0.320 e. The normalized spacial score (nSPS) is 20.9. The van der Waals surface area contributed by atoms with Crippen LogP contribution >= 0.6 is 0 Å². The molecule has 0 unspecified atom stereocenters. The number of carbonyl (C=O) groups excluding carboxylic acids is 2. The Labute approximate surface area is 146 Å². The molecule has 2 saturated heterocycles. The van der Waals surface area contributed by atoms with Gasteiger partial charge in [-0.2, -0.15) is 0 Å². The van der Waals surface area contributed by atoms with Crippen molar-refractivity contribution in [2.75, 3.05) is 31.5 Å². The summed E-state index contributed by atoms with van der Waals surface area (Å²) in [7, 11) is 0. The summed E-state index contributed by atoms with van der Waals surface area (Å²) < 4.78 is 1.86. The third-order valence-corrected chi connectivity index (χ3v) is 5.12. The zero-order valence-electron chi connectivity index (χ0n) is 14.2. The number of piperidine rings is 1.